The number of nitrogens with zero attached hydrogens (tertiary/aromatic N) is 1. The van der Waals surface area contributed by atoms with Crippen molar-refractivity contribution in [2.75, 3.05) is 13.7 Å². The molecule has 0 bridgehead atoms. The number of hydrogen-bond acceptors (Lipinski definition) is 3. The van der Waals surface area contributed by atoms with Gasteiger partial charge in [-0.3, -0.25) is 4.90 Å². The van der Waals surface area contributed by atoms with Crippen LogP contribution in [0.1, 0.15) is 38.9 Å². The van der Waals surface area contributed by atoms with Crippen LogP contribution in [0.4, 0.5) is 0 Å². The summed E-state index contributed by atoms with van der Waals surface area (Å²) in [5.74, 6) is 0.378. The highest BCUT2D eigenvalue weighted by Crippen LogP contribution is 2.30. The van der Waals surface area contributed by atoms with Gasteiger partial charge in [0.15, 0.2) is 0 Å². The summed E-state index contributed by atoms with van der Waals surface area (Å²) in [5.41, 5.74) is 0.990. The molecular formula is C17H27NO2. The van der Waals surface area contributed by atoms with Gasteiger partial charge in [0.25, 0.3) is 0 Å². The van der Waals surface area contributed by atoms with E-state index in [1.807, 2.05) is 30.3 Å². The Balaban J connectivity index is 2.18. The van der Waals surface area contributed by atoms with Gasteiger partial charge in [0.1, 0.15) is 0 Å². The molecule has 4 atom stereocenters. The van der Waals surface area contributed by atoms with E-state index in [1.54, 1.807) is 0 Å². The summed E-state index contributed by atoms with van der Waals surface area (Å²) in [4.78, 5) is 2.32. The second-order valence-corrected chi connectivity index (χ2v) is 6.19. The Kier molecular flexibility index (Phi) is 5.19. The summed E-state index contributed by atoms with van der Waals surface area (Å²) in [6, 6.07) is 10.4. The first-order valence-electron chi connectivity index (χ1n) is 7.59. The average Bonchev–Trinajstić information content (AvgIpc) is 2.85. The molecule has 0 spiro atoms. The maximum absolute atomic E-state index is 10.8. The molecule has 112 valence electrons. The number of ether oxygens (including phenoxy) is 1. The van der Waals surface area contributed by atoms with Crippen molar-refractivity contribution < 1.29 is 9.84 Å². The van der Waals surface area contributed by atoms with Crippen molar-refractivity contribution >= 4 is 0 Å². The zero-order valence-corrected chi connectivity index (χ0v) is 13.0. The van der Waals surface area contributed by atoms with Crippen LogP contribution in [-0.4, -0.2) is 41.8 Å². The van der Waals surface area contributed by atoms with E-state index in [4.69, 9.17) is 4.74 Å². The quantitative estimate of drug-likeness (QED) is 0.898. The summed E-state index contributed by atoms with van der Waals surface area (Å²) in [7, 11) is 2.12. The van der Waals surface area contributed by atoms with Crippen LogP contribution >= 0.6 is 0 Å². The second kappa shape index (κ2) is 6.70. The zero-order chi connectivity index (χ0) is 14.7. The van der Waals surface area contributed by atoms with E-state index in [0.29, 0.717) is 12.0 Å². The second-order valence-electron chi connectivity index (χ2n) is 6.19. The van der Waals surface area contributed by atoms with Crippen LogP contribution in [0, 0.1) is 5.92 Å². The lowest BCUT2D eigenvalue weighted by atomic mass is 9.90. The van der Waals surface area contributed by atoms with Crippen molar-refractivity contribution in [3.63, 3.8) is 0 Å². The standard InChI is InChI=1S/C17H27NO2/c1-12(2)16(17(19)14-8-6-5-7-9-14)18(4)15-10-11-20-13(15)3/h5-9,12-13,15-17,19H,10-11H2,1-4H3. The molecule has 1 aliphatic rings. The average molecular weight is 277 g/mol. The van der Waals surface area contributed by atoms with Crippen LogP contribution in [0.15, 0.2) is 30.3 Å². The Morgan fingerprint density at radius 2 is 1.90 bits per heavy atom. The summed E-state index contributed by atoms with van der Waals surface area (Å²) in [6.07, 6.45) is 0.820. The molecule has 4 unspecified atom stereocenters. The zero-order valence-electron chi connectivity index (χ0n) is 13.0. The van der Waals surface area contributed by atoms with Gasteiger partial charge in [-0.25, -0.2) is 0 Å². The minimum Gasteiger partial charge on any atom is -0.387 e. The van der Waals surface area contributed by atoms with Crippen molar-refractivity contribution in [1.29, 1.82) is 0 Å². The molecule has 1 aromatic rings. The van der Waals surface area contributed by atoms with Gasteiger partial charge in [-0.05, 0) is 31.9 Å². The minimum absolute atomic E-state index is 0.103. The van der Waals surface area contributed by atoms with Crippen molar-refractivity contribution in [2.45, 2.75) is 51.5 Å². The van der Waals surface area contributed by atoms with Crippen LogP contribution < -0.4 is 0 Å². The molecule has 0 aliphatic carbocycles. The number of rotatable bonds is 5. The SMILES string of the molecule is CC(C)C(C(O)c1ccccc1)N(C)C1CCOC1C. The molecule has 2 rings (SSSR count). The molecule has 20 heavy (non-hydrogen) atoms. The van der Waals surface area contributed by atoms with Gasteiger partial charge in [-0.15, -0.1) is 0 Å². The summed E-state index contributed by atoms with van der Waals surface area (Å²) in [5, 5.41) is 10.8. The lowest BCUT2D eigenvalue weighted by Crippen LogP contribution is -2.48. The third-order valence-corrected chi connectivity index (χ3v) is 4.48. The van der Waals surface area contributed by atoms with Crippen molar-refractivity contribution in [1.82, 2.24) is 4.90 Å². The smallest absolute Gasteiger partial charge is 0.0947 e. The molecule has 1 saturated heterocycles. The van der Waals surface area contributed by atoms with Crippen LogP contribution in [0.2, 0.25) is 0 Å². The third-order valence-electron chi connectivity index (χ3n) is 4.48. The number of aliphatic hydroxyl groups is 1. The van der Waals surface area contributed by atoms with Crippen LogP contribution in [0.5, 0.6) is 0 Å². The molecule has 1 N–H and O–H groups in total. The number of aliphatic hydroxyl groups excluding tert-OH is 1. The Morgan fingerprint density at radius 1 is 1.25 bits per heavy atom. The van der Waals surface area contributed by atoms with Gasteiger partial charge in [-0.2, -0.15) is 0 Å². The lowest BCUT2D eigenvalue weighted by Gasteiger charge is -2.39. The van der Waals surface area contributed by atoms with Gasteiger partial charge in [0.05, 0.1) is 12.2 Å². The maximum atomic E-state index is 10.8. The first-order chi connectivity index (χ1) is 9.52. The molecule has 0 amide bonds. The molecule has 3 nitrogen and oxygen atoms in total. The van der Waals surface area contributed by atoms with Gasteiger partial charge in [-0.1, -0.05) is 44.2 Å². The van der Waals surface area contributed by atoms with E-state index in [1.165, 1.54) is 0 Å². The number of likely N-dealkylation sites (N-methyl/N-ethyl adjacent to an activating group) is 1. The van der Waals surface area contributed by atoms with E-state index in [-0.39, 0.29) is 12.1 Å². The summed E-state index contributed by atoms with van der Waals surface area (Å²) in [6.45, 7) is 7.30. The molecule has 1 aliphatic heterocycles. The number of benzene rings is 1. The molecular weight excluding hydrogens is 250 g/mol. The molecule has 3 heteroatoms. The van der Waals surface area contributed by atoms with E-state index in [9.17, 15) is 5.11 Å². The summed E-state index contributed by atoms with van der Waals surface area (Å²) >= 11 is 0. The number of hydrogen-bond donors (Lipinski definition) is 1. The molecule has 1 heterocycles. The summed E-state index contributed by atoms with van der Waals surface area (Å²) < 4.78 is 5.68. The van der Waals surface area contributed by atoms with Gasteiger partial charge < -0.3 is 9.84 Å². The Labute approximate surface area is 122 Å². The van der Waals surface area contributed by atoms with Crippen molar-refractivity contribution in [2.24, 2.45) is 5.92 Å². The molecule has 0 saturated carbocycles. The van der Waals surface area contributed by atoms with Gasteiger partial charge >= 0.3 is 0 Å². The Bertz CT molecular complexity index is 407. The van der Waals surface area contributed by atoms with Gasteiger partial charge in [0, 0.05) is 18.7 Å². The monoisotopic (exact) mass is 277 g/mol. The fraction of sp³-hybridized carbons (Fsp3) is 0.647. The Morgan fingerprint density at radius 3 is 2.40 bits per heavy atom. The van der Waals surface area contributed by atoms with Crippen LogP contribution in [0.25, 0.3) is 0 Å². The lowest BCUT2D eigenvalue weighted by molar-refractivity contribution is -0.00504. The van der Waals surface area contributed by atoms with Crippen LogP contribution in [-0.2, 0) is 4.74 Å². The van der Waals surface area contributed by atoms with E-state index >= 15 is 0 Å². The molecule has 0 radical (unpaired) electrons. The van der Waals surface area contributed by atoms with E-state index in [2.05, 4.69) is 32.7 Å². The van der Waals surface area contributed by atoms with Crippen molar-refractivity contribution in [3.05, 3.63) is 35.9 Å². The normalized spacial score (nSPS) is 26.1. The first-order valence-corrected chi connectivity index (χ1v) is 7.59. The predicted octanol–water partition coefficient (Wildman–Crippen LogP) is 2.85. The molecule has 0 aromatic heterocycles. The topological polar surface area (TPSA) is 32.7 Å². The fourth-order valence-electron chi connectivity index (χ4n) is 3.38. The fourth-order valence-corrected chi connectivity index (χ4v) is 3.38. The molecule has 1 fully saturated rings. The highest BCUT2D eigenvalue weighted by molar-refractivity contribution is 5.19. The third kappa shape index (κ3) is 3.22. The predicted molar refractivity (Wildman–Crippen MR) is 81.6 cm³/mol. The van der Waals surface area contributed by atoms with E-state index in [0.717, 1.165) is 18.6 Å². The van der Waals surface area contributed by atoms with Crippen molar-refractivity contribution in [3.8, 4) is 0 Å². The minimum atomic E-state index is -0.464. The molecule has 1 aromatic carbocycles. The largest absolute Gasteiger partial charge is 0.387 e. The Hall–Kier alpha value is -0.900. The maximum Gasteiger partial charge on any atom is 0.0947 e. The highest BCUT2D eigenvalue weighted by Gasteiger charge is 2.36. The first kappa shape index (κ1) is 15.5. The van der Waals surface area contributed by atoms with Gasteiger partial charge in [0.2, 0.25) is 0 Å². The van der Waals surface area contributed by atoms with Crippen LogP contribution in [0.3, 0.4) is 0 Å². The van der Waals surface area contributed by atoms with E-state index < -0.39 is 6.10 Å². The highest BCUT2D eigenvalue weighted by atomic mass is 16.5.